The van der Waals surface area contributed by atoms with E-state index in [4.69, 9.17) is 4.74 Å². The lowest BCUT2D eigenvalue weighted by molar-refractivity contribution is -0.137. The van der Waals surface area contributed by atoms with Crippen molar-refractivity contribution < 1.29 is 41.9 Å². The molecule has 0 aliphatic carbocycles. The van der Waals surface area contributed by atoms with Crippen LogP contribution in [0.15, 0.2) is 36.4 Å². The maximum Gasteiger partial charge on any atom is 0.410 e. The van der Waals surface area contributed by atoms with Gasteiger partial charge in [0.15, 0.2) is 0 Å². The smallest absolute Gasteiger partial charge is 0.410 e. The third-order valence-electron chi connectivity index (χ3n) is 6.47. The minimum Gasteiger partial charge on any atom is -0.445 e. The predicted octanol–water partition coefficient (Wildman–Crippen LogP) is 1.12. The Labute approximate surface area is 257 Å². The molecule has 14 nitrogen and oxygen atoms in total. The van der Waals surface area contributed by atoms with E-state index >= 15 is 0 Å². The summed E-state index contributed by atoms with van der Waals surface area (Å²) in [7, 11) is -3.22. The van der Waals surface area contributed by atoms with Crippen molar-refractivity contribution in [1.82, 2.24) is 20.4 Å². The summed E-state index contributed by atoms with van der Waals surface area (Å²) in [6.07, 6.45) is 5.50. The Morgan fingerprint density at radius 2 is 1.61 bits per heavy atom. The van der Waals surface area contributed by atoms with E-state index < -0.39 is 33.8 Å². The van der Waals surface area contributed by atoms with Crippen LogP contribution in [0, 0.1) is 0 Å². The summed E-state index contributed by atoms with van der Waals surface area (Å²) in [6.45, 7) is 3.75. The number of nitrogens with one attached hydrogen (secondary N) is 3. The van der Waals surface area contributed by atoms with Gasteiger partial charge in [-0.25, -0.2) is 13.2 Å². The summed E-state index contributed by atoms with van der Waals surface area (Å²) < 4.78 is 28.2. The lowest BCUT2D eigenvalue weighted by atomic mass is 10.2. The molecule has 0 radical (unpaired) electrons. The van der Waals surface area contributed by atoms with Crippen molar-refractivity contribution in [2.45, 2.75) is 58.6 Å². The summed E-state index contributed by atoms with van der Waals surface area (Å²) in [5.74, 6) is -2.17. The zero-order valence-electron chi connectivity index (χ0n) is 25.3. The predicted molar refractivity (Wildman–Crippen MR) is 162 cm³/mol. The minimum atomic E-state index is -3.22. The van der Waals surface area contributed by atoms with Gasteiger partial charge in [0.05, 0.1) is 12.3 Å². The van der Waals surface area contributed by atoms with Gasteiger partial charge in [-0.15, -0.1) is 0 Å². The van der Waals surface area contributed by atoms with Crippen LogP contribution in [0.3, 0.4) is 0 Å². The fourth-order valence-electron chi connectivity index (χ4n) is 4.02. The van der Waals surface area contributed by atoms with Crippen LogP contribution < -0.4 is 16.0 Å². The Kier molecular flexibility index (Phi) is 14.5. The van der Waals surface area contributed by atoms with Crippen LogP contribution in [0.5, 0.6) is 0 Å². The Morgan fingerprint density at radius 1 is 0.955 bits per heavy atom. The van der Waals surface area contributed by atoms with Crippen molar-refractivity contribution in [2.75, 3.05) is 43.5 Å². The van der Waals surface area contributed by atoms with Gasteiger partial charge in [-0.05, 0) is 43.9 Å². The van der Waals surface area contributed by atoms with E-state index in [9.17, 15) is 37.2 Å². The number of imide groups is 1. The van der Waals surface area contributed by atoms with Crippen LogP contribution >= 0.6 is 0 Å². The van der Waals surface area contributed by atoms with E-state index in [0.29, 0.717) is 50.0 Å². The molecule has 1 aliphatic heterocycles. The fourth-order valence-corrected chi connectivity index (χ4v) is 4.57. The van der Waals surface area contributed by atoms with Crippen molar-refractivity contribution in [3.05, 3.63) is 42.0 Å². The molecule has 3 N–H and O–H groups in total. The van der Waals surface area contributed by atoms with Crippen LogP contribution in [0.2, 0.25) is 0 Å². The van der Waals surface area contributed by atoms with Crippen LogP contribution in [0.1, 0.15) is 51.5 Å². The molecule has 0 saturated carbocycles. The first-order valence-electron chi connectivity index (χ1n) is 14.4. The number of ether oxygens (including phenoxy) is 1. The Morgan fingerprint density at radius 3 is 2.23 bits per heavy atom. The zero-order valence-corrected chi connectivity index (χ0v) is 26.1. The maximum atomic E-state index is 12.5. The highest BCUT2D eigenvalue weighted by Crippen LogP contribution is 2.12. The highest BCUT2D eigenvalue weighted by Gasteiger charge is 2.22. The molecular weight excluding hydrogens is 594 g/mol. The minimum absolute atomic E-state index is 0.0390. The molecule has 15 heteroatoms. The molecule has 0 aromatic heterocycles. The highest BCUT2D eigenvalue weighted by molar-refractivity contribution is 7.90. The third-order valence-corrected chi connectivity index (χ3v) is 7.39. The average molecular weight is 636 g/mol. The van der Waals surface area contributed by atoms with Gasteiger partial charge in [0.25, 0.3) is 11.8 Å². The van der Waals surface area contributed by atoms with E-state index in [-0.39, 0.29) is 49.6 Å². The molecule has 1 aromatic carbocycles. The fraction of sp³-hybridized carbons (Fsp3) is 0.517. The third kappa shape index (κ3) is 13.4. The number of nitrogens with zero attached hydrogens (tertiary/aromatic N) is 2. The van der Waals surface area contributed by atoms with Crippen LogP contribution in [-0.4, -0.2) is 98.1 Å². The highest BCUT2D eigenvalue weighted by atomic mass is 32.2. The molecule has 0 fully saturated rings. The summed E-state index contributed by atoms with van der Waals surface area (Å²) in [5.41, 5.74) is 1.11. The first kappa shape index (κ1) is 35.9. The van der Waals surface area contributed by atoms with Crippen molar-refractivity contribution >= 4 is 51.2 Å². The van der Waals surface area contributed by atoms with Gasteiger partial charge < -0.3 is 25.6 Å². The summed E-state index contributed by atoms with van der Waals surface area (Å²) in [6, 6.07) is 5.65. The maximum absolute atomic E-state index is 12.5. The normalized spacial score (nSPS) is 13.4. The quantitative estimate of drug-likeness (QED) is 0.157. The second kappa shape index (κ2) is 17.8. The summed E-state index contributed by atoms with van der Waals surface area (Å²) >= 11 is 0. The van der Waals surface area contributed by atoms with Gasteiger partial charge >= 0.3 is 6.09 Å². The molecule has 0 unspecified atom stereocenters. The number of amides is 6. The number of benzene rings is 1. The van der Waals surface area contributed by atoms with Crippen LogP contribution in [0.4, 0.5) is 10.5 Å². The second-order valence-electron chi connectivity index (χ2n) is 10.4. The monoisotopic (exact) mass is 635 g/mol. The molecule has 1 atom stereocenters. The Balaban J connectivity index is 1.65. The van der Waals surface area contributed by atoms with Gasteiger partial charge in [0.1, 0.15) is 22.5 Å². The molecule has 1 aliphatic rings. The first-order valence-corrected chi connectivity index (χ1v) is 16.4. The van der Waals surface area contributed by atoms with Gasteiger partial charge in [-0.2, -0.15) is 0 Å². The molecule has 2 rings (SSSR count). The van der Waals surface area contributed by atoms with Gasteiger partial charge in [-0.1, -0.05) is 25.5 Å². The van der Waals surface area contributed by atoms with Gasteiger partial charge in [-0.3, -0.25) is 28.9 Å². The van der Waals surface area contributed by atoms with Crippen molar-refractivity contribution in [2.24, 2.45) is 0 Å². The number of carbonyl (C=O) groups excluding carboxylic acids is 6. The number of hydrogen-bond donors (Lipinski definition) is 3. The topological polar surface area (TPSA) is 188 Å². The Hall–Kier alpha value is -4.27. The van der Waals surface area contributed by atoms with E-state index in [1.165, 1.54) is 24.0 Å². The van der Waals surface area contributed by atoms with E-state index in [0.717, 1.165) is 11.2 Å². The van der Waals surface area contributed by atoms with Gasteiger partial charge in [0, 0.05) is 50.2 Å². The van der Waals surface area contributed by atoms with Crippen LogP contribution in [-0.2, 0) is 45.2 Å². The summed E-state index contributed by atoms with van der Waals surface area (Å²) in [4.78, 5) is 74.6. The molecule has 0 spiro atoms. The second-order valence-corrected chi connectivity index (χ2v) is 12.7. The van der Waals surface area contributed by atoms with Crippen molar-refractivity contribution in [3.63, 3.8) is 0 Å². The lowest BCUT2D eigenvalue weighted by Gasteiger charge is -2.21. The molecule has 1 aromatic rings. The summed E-state index contributed by atoms with van der Waals surface area (Å²) in [5, 5.41) is 7.69. The first-order chi connectivity index (χ1) is 20.8. The van der Waals surface area contributed by atoms with E-state index in [2.05, 4.69) is 16.0 Å². The van der Waals surface area contributed by atoms with Crippen LogP contribution in [0.25, 0.3) is 0 Å². The molecule has 6 amide bonds. The molecular formula is C29H41N5O9S. The average Bonchev–Trinajstić information content (AvgIpc) is 3.29. The van der Waals surface area contributed by atoms with Crippen molar-refractivity contribution in [1.29, 1.82) is 0 Å². The number of unbranched alkanes of at least 4 members (excludes halogenated alkanes) is 2. The zero-order chi connectivity index (χ0) is 32.7. The largest absolute Gasteiger partial charge is 0.445 e. The van der Waals surface area contributed by atoms with E-state index in [1.54, 1.807) is 24.3 Å². The molecule has 0 saturated heterocycles. The number of rotatable bonds is 18. The lowest BCUT2D eigenvalue weighted by Crippen LogP contribution is -2.45. The number of anilines is 1. The molecule has 0 bridgehead atoms. The van der Waals surface area contributed by atoms with Crippen molar-refractivity contribution in [3.8, 4) is 0 Å². The number of sulfone groups is 1. The van der Waals surface area contributed by atoms with E-state index in [1.807, 2.05) is 6.92 Å². The SMILES string of the molecule is CCCN(CCS(C)(=O)=O)C(=O)OCc1ccc(NC(=O)[C@H](C)NC(=O)CNC(=O)CCCCCN2C(=O)C=CC2=O)cc1. The number of hydrogen-bond acceptors (Lipinski definition) is 9. The standard InChI is InChI=1S/C29H41N5O9S/c1-4-15-33(17-18-44(3,41)42)29(40)43-20-22-9-11-23(12-10-22)32-28(39)21(2)31-25(36)19-30-24(35)8-6-5-7-16-34-26(37)13-14-27(34)38/h9-14,21H,4-8,15-20H2,1-3H3,(H,30,35)(H,31,36)(H,32,39)/t21-/m0/s1. The molecule has 1 heterocycles. The number of carbonyl (C=O) groups is 6. The van der Waals surface area contributed by atoms with Gasteiger partial charge in [0.2, 0.25) is 17.7 Å². The Bertz CT molecular complexity index is 1310. The molecule has 242 valence electrons. The molecule has 44 heavy (non-hydrogen) atoms.